The molecule has 0 fully saturated rings. The number of hydrogen-bond acceptors (Lipinski definition) is 4. The van der Waals surface area contributed by atoms with E-state index in [1.54, 1.807) is 7.11 Å². The monoisotopic (exact) mass is 280 g/mol. The molecule has 1 aromatic rings. The summed E-state index contributed by atoms with van der Waals surface area (Å²) in [4.78, 5) is 11.8. The van der Waals surface area contributed by atoms with E-state index >= 15 is 0 Å². The van der Waals surface area contributed by atoms with Crippen LogP contribution < -0.4 is 15.8 Å². The van der Waals surface area contributed by atoms with Crippen molar-refractivity contribution in [1.29, 1.82) is 0 Å². The molecule has 0 saturated carbocycles. The van der Waals surface area contributed by atoms with Crippen molar-refractivity contribution in [2.24, 2.45) is 5.73 Å². The van der Waals surface area contributed by atoms with Gasteiger partial charge < -0.3 is 20.5 Å². The van der Waals surface area contributed by atoms with Gasteiger partial charge in [-0.3, -0.25) is 4.79 Å². The molecule has 0 spiro atoms. The van der Waals surface area contributed by atoms with E-state index in [4.69, 9.17) is 15.2 Å². The first kappa shape index (κ1) is 16.5. The third kappa shape index (κ3) is 6.54. The van der Waals surface area contributed by atoms with E-state index in [0.717, 1.165) is 11.3 Å². The summed E-state index contributed by atoms with van der Waals surface area (Å²) in [6.45, 7) is 3.36. The maximum atomic E-state index is 11.8. The van der Waals surface area contributed by atoms with Crippen molar-refractivity contribution in [2.45, 2.75) is 25.8 Å². The molecule has 0 aliphatic rings. The number of methoxy groups -OCH3 is 1. The lowest BCUT2D eigenvalue weighted by atomic mass is 10.2. The van der Waals surface area contributed by atoms with Crippen LogP contribution in [0, 0.1) is 6.92 Å². The predicted molar refractivity (Wildman–Crippen MR) is 78.8 cm³/mol. The van der Waals surface area contributed by atoms with Crippen molar-refractivity contribution in [2.75, 3.05) is 26.9 Å². The standard InChI is InChI=1S/C15H24N2O3/c1-12-4-3-5-14(10-12)20-9-7-15(18)17-13(6-8-16)11-19-2/h3-5,10,13H,6-9,11,16H2,1-2H3,(H,17,18). The maximum Gasteiger partial charge on any atom is 0.223 e. The summed E-state index contributed by atoms with van der Waals surface area (Å²) in [5.74, 6) is 0.737. The Hall–Kier alpha value is -1.59. The fourth-order valence-corrected chi connectivity index (χ4v) is 1.87. The molecule has 112 valence electrons. The lowest BCUT2D eigenvalue weighted by Gasteiger charge is -2.17. The number of ether oxygens (including phenoxy) is 2. The van der Waals surface area contributed by atoms with Crippen LogP contribution in [0.2, 0.25) is 0 Å². The van der Waals surface area contributed by atoms with Crippen molar-refractivity contribution < 1.29 is 14.3 Å². The van der Waals surface area contributed by atoms with Crippen molar-refractivity contribution >= 4 is 5.91 Å². The van der Waals surface area contributed by atoms with E-state index in [0.29, 0.717) is 32.6 Å². The molecule has 1 rings (SSSR count). The lowest BCUT2D eigenvalue weighted by Crippen LogP contribution is -2.39. The quantitative estimate of drug-likeness (QED) is 0.714. The van der Waals surface area contributed by atoms with Crippen molar-refractivity contribution in [3.63, 3.8) is 0 Å². The number of aryl methyl sites for hydroxylation is 1. The van der Waals surface area contributed by atoms with Gasteiger partial charge in [0.2, 0.25) is 5.91 Å². The molecule has 5 nitrogen and oxygen atoms in total. The minimum atomic E-state index is -0.0480. The Labute approximate surface area is 120 Å². The Morgan fingerprint density at radius 2 is 2.25 bits per heavy atom. The van der Waals surface area contributed by atoms with Gasteiger partial charge in [-0.15, -0.1) is 0 Å². The van der Waals surface area contributed by atoms with Gasteiger partial charge in [-0.05, 0) is 37.6 Å². The van der Waals surface area contributed by atoms with Gasteiger partial charge in [0.25, 0.3) is 0 Å². The van der Waals surface area contributed by atoms with Crippen molar-refractivity contribution in [3.05, 3.63) is 29.8 Å². The molecule has 0 heterocycles. The van der Waals surface area contributed by atoms with Gasteiger partial charge in [0.1, 0.15) is 5.75 Å². The first-order valence-corrected chi connectivity index (χ1v) is 6.83. The highest BCUT2D eigenvalue weighted by molar-refractivity contribution is 5.76. The normalized spacial score (nSPS) is 11.9. The smallest absolute Gasteiger partial charge is 0.223 e. The molecule has 20 heavy (non-hydrogen) atoms. The zero-order chi connectivity index (χ0) is 14.8. The van der Waals surface area contributed by atoms with E-state index in [2.05, 4.69) is 5.32 Å². The second kappa shape index (κ2) is 9.34. The molecule has 1 unspecified atom stereocenters. The van der Waals surface area contributed by atoms with Crippen molar-refractivity contribution in [3.8, 4) is 5.75 Å². The summed E-state index contributed by atoms with van der Waals surface area (Å²) < 4.78 is 10.6. The minimum Gasteiger partial charge on any atom is -0.493 e. The first-order chi connectivity index (χ1) is 9.65. The van der Waals surface area contributed by atoms with Crippen LogP contribution >= 0.6 is 0 Å². The van der Waals surface area contributed by atoms with Gasteiger partial charge >= 0.3 is 0 Å². The topological polar surface area (TPSA) is 73.6 Å². The zero-order valence-corrected chi connectivity index (χ0v) is 12.2. The van der Waals surface area contributed by atoms with Crippen LogP contribution in [-0.4, -0.2) is 38.8 Å². The Morgan fingerprint density at radius 1 is 1.45 bits per heavy atom. The van der Waals surface area contributed by atoms with E-state index in [1.807, 2.05) is 31.2 Å². The highest BCUT2D eigenvalue weighted by Crippen LogP contribution is 2.12. The highest BCUT2D eigenvalue weighted by Gasteiger charge is 2.11. The second-order valence-electron chi connectivity index (χ2n) is 4.71. The molecular weight excluding hydrogens is 256 g/mol. The number of nitrogens with one attached hydrogen (secondary N) is 1. The summed E-state index contributed by atoms with van der Waals surface area (Å²) in [5, 5.41) is 2.89. The van der Waals surface area contributed by atoms with E-state index in [1.165, 1.54) is 0 Å². The fourth-order valence-electron chi connectivity index (χ4n) is 1.87. The van der Waals surface area contributed by atoms with Gasteiger partial charge in [-0.2, -0.15) is 0 Å². The molecule has 0 saturated heterocycles. The van der Waals surface area contributed by atoms with Crippen LogP contribution in [0.4, 0.5) is 0 Å². The van der Waals surface area contributed by atoms with Crippen LogP contribution in [-0.2, 0) is 9.53 Å². The molecule has 0 aromatic heterocycles. The first-order valence-electron chi connectivity index (χ1n) is 6.83. The van der Waals surface area contributed by atoms with Gasteiger partial charge in [0.05, 0.1) is 25.7 Å². The zero-order valence-electron chi connectivity index (χ0n) is 12.2. The lowest BCUT2D eigenvalue weighted by molar-refractivity contribution is -0.122. The van der Waals surface area contributed by atoms with Crippen LogP contribution in [0.5, 0.6) is 5.75 Å². The number of carbonyl (C=O) groups is 1. The number of amides is 1. The average molecular weight is 280 g/mol. The van der Waals surface area contributed by atoms with Crippen LogP contribution in [0.15, 0.2) is 24.3 Å². The van der Waals surface area contributed by atoms with Crippen LogP contribution in [0.1, 0.15) is 18.4 Å². The van der Waals surface area contributed by atoms with Gasteiger partial charge in [0.15, 0.2) is 0 Å². The summed E-state index contributed by atoms with van der Waals surface area (Å²) in [5.41, 5.74) is 6.63. The average Bonchev–Trinajstić information content (AvgIpc) is 2.39. The largest absolute Gasteiger partial charge is 0.493 e. The van der Waals surface area contributed by atoms with Crippen molar-refractivity contribution in [1.82, 2.24) is 5.32 Å². The summed E-state index contributed by atoms with van der Waals surface area (Å²) in [6, 6.07) is 7.73. The van der Waals surface area contributed by atoms with Gasteiger partial charge in [0, 0.05) is 7.11 Å². The third-order valence-corrected chi connectivity index (χ3v) is 2.84. The third-order valence-electron chi connectivity index (χ3n) is 2.84. The summed E-state index contributed by atoms with van der Waals surface area (Å²) >= 11 is 0. The van der Waals surface area contributed by atoms with Gasteiger partial charge in [-0.25, -0.2) is 0 Å². The molecule has 0 aliphatic heterocycles. The minimum absolute atomic E-state index is 0.0310. The molecule has 0 aliphatic carbocycles. The SMILES string of the molecule is COCC(CCN)NC(=O)CCOc1cccc(C)c1. The molecule has 5 heteroatoms. The van der Waals surface area contributed by atoms with E-state index < -0.39 is 0 Å². The fraction of sp³-hybridized carbons (Fsp3) is 0.533. The Balaban J connectivity index is 2.28. The highest BCUT2D eigenvalue weighted by atomic mass is 16.5. The van der Waals surface area contributed by atoms with Crippen LogP contribution in [0.25, 0.3) is 0 Å². The maximum absolute atomic E-state index is 11.8. The number of nitrogens with two attached hydrogens (primary N) is 1. The molecular formula is C15H24N2O3. The number of hydrogen-bond donors (Lipinski definition) is 2. The second-order valence-corrected chi connectivity index (χ2v) is 4.71. The molecule has 1 atom stereocenters. The van der Waals surface area contributed by atoms with Gasteiger partial charge in [-0.1, -0.05) is 12.1 Å². The Bertz CT molecular complexity index is 404. The number of carbonyl (C=O) groups excluding carboxylic acids is 1. The molecule has 1 amide bonds. The summed E-state index contributed by atoms with van der Waals surface area (Å²) in [7, 11) is 1.61. The molecule has 1 aromatic carbocycles. The molecule has 0 bridgehead atoms. The Kier molecular flexibility index (Phi) is 7.69. The number of rotatable bonds is 9. The van der Waals surface area contributed by atoms with E-state index in [-0.39, 0.29) is 11.9 Å². The Morgan fingerprint density at radius 3 is 2.90 bits per heavy atom. The van der Waals surface area contributed by atoms with E-state index in [9.17, 15) is 4.79 Å². The number of benzene rings is 1. The molecule has 3 N–H and O–H groups in total. The predicted octanol–water partition coefficient (Wildman–Crippen LogP) is 1.24. The summed E-state index contributed by atoms with van der Waals surface area (Å²) in [6.07, 6.45) is 1.02. The molecule has 0 radical (unpaired) electrons. The van der Waals surface area contributed by atoms with Crippen LogP contribution in [0.3, 0.4) is 0 Å².